The topological polar surface area (TPSA) is 71.1 Å². The van der Waals surface area contributed by atoms with Crippen LogP contribution in [0.2, 0.25) is 0 Å². The first-order chi connectivity index (χ1) is 15.5. The monoisotopic (exact) mass is 436 g/mol. The number of ketones is 1. The molecule has 0 amide bonds. The molecule has 0 fully saturated rings. The molecule has 32 heavy (non-hydrogen) atoms. The predicted molar refractivity (Wildman–Crippen MR) is 117 cm³/mol. The molecule has 0 heterocycles. The van der Waals surface area contributed by atoms with Gasteiger partial charge in [-0.05, 0) is 54.1 Å². The minimum Gasteiger partial charge on any atom is -0.497 e. The lowest BCUT2D eigenvalue weighted by molar-refractivity contribution is 0.0724. The van der Waals surface area contributed by atoms with E-state index in [1.165, 1.54) is 51.7 Å². The molecule has 3 aromatic rings. The van der Waals surface area contributed by atoms with Crippen molar-refractivity contribution in [2.24, 2.45) is 0 Å². The summed E-state index contributed by atoms with van der Waals surface area (Å²) >= 11 is 0. The van der Waals surface area contributed by atoms with Gasteiger partial charge in [0.05, 0.1) is 32.5 Å². The molecular formula is C25H21FO6. The summed E-state index contributed by atoms with van der Waals surface area (Å²) in [5.41, 5.74) is 0.796. The second-order valence-corrected chi connectivity index (χ2v) is 6.54. The molecule has 0 saturated heterocycles. The van der Waals surface area contributed by atoms with Gasteiger partial charge in [-0.3, -0.25) is 4.79 Å². The molecule has 0 saturated carbocycles. The second-order valence-electron chi connectivity index (χ2n) is 6.54. The lowest BCUT2D eigenvalue weighted by Gasteiger charge is -2.10. The van der Waals surface area contributed by atoms with Gasteiger partial charge in [-0.2, -0.15) is 0 Å². The standard InChI is InChI=1S/C25H21FO6/c1-29-17-10-13-22(30-2)19(15-17)21(27)11-8-16-9-12-23(24(14-16)31-3)32-25(28)18-6-4-5-7-20(18)26/h4-15H,1-3H3. The van der Waals surface area contributed by atoms with Crippen LogP contribution in [0.5, 0.6) is 23.0 Å². The minimum absolute atomic E-state index is 0.124. The number of methoxy groups -OCH3 is 3. The third-order valence-corrected chi connectivity index (χ3v) is 4.58. The smallest absolute Gasteiger partial charge is 0.346 e. The maximum Gasteiger partial charge on any atom is 0.346 e. The molecule has 0 aromatic heterocycles. The summed E-state index contributed by atoms with van der Waals surface area (Å²) in [7, 11) is 4.41. The number of halogens is 1. The van der Waals surface area contributed by atoms with E-state index in [2.05, 4.69) is 0 Å². The van der Waals surface area contributed by atoms with Crippen molar-refractivity contribution in [1.82, 2.24) is 0 Å². The molecule has 0 aliphatic carbocycles. The Labute approximate surface area is 184 Å². The second kappa shape index (κ2) is 10.3. The van der Waals surface area contributed by atoms with Crippen LogP contribution in [-0.4, -0.2) is 33.1 Å². The Morgan fingerprint density at radius 3 is 2.19 bits per heavy atom. The zero-order valence-electron chi connectivity index (χ0n) is 17.8. The maximum atomic E-state index is 13.8. The fourth-order valence-corrected chi connectivity index (χ4v) is 2.92. The van der Waals surface area contributed by atoms with Crippen LogP contribution in [0.4, 0.5) is 4.39 Å². The Bertz CT molecular complexity index is 1170. The molecule has 3 aromatic carbocycles. The number of rotatable bonds is 8. The van der Waals surface area contributed by atoms with E-state index in [4.69, 9.17) is 18.9 Å². The van der Waals surface area contributed by atoms with Crippen molar-refractivity contribution >= 4 is 17.8 Å². The third kappa shape index (κ3) is 5.13. The van der Waals surface area contributed by atoms with Gasteiger partial charge in [0.25, 0.3) is 0 Å². The van der Waals surface area contributed by atoms with Crippen LogP contribution >= 0.6 is 0 Å². The van der Waals surface area contributed by atoms with Gasteiger partial charge in [0.2, 0.25) is 0 Å². The van der Waals surface area contributed by atoms with Gasteiger partial charge >= 0.3 is 5.97 Å². The Hall–Kier alpha value is -4.13. The highest BCUT2D eigenvalue weighted by Crippen LogP contribution is 2.30. The van der Waals surface area contributed by atoms with Gasteiger partial charge in [-0.1, -0.05) is 24.3 Å². The normalized spacial score (nSPS) is 10.6. The molecule has 0 aliphatic heterocycles. The number of carbonyl (C=O) groups is 2. The van der Waals surface area contributed by atoms with E-state index >= 15 is 0 Å². The largest absolute Gasteiger partial charge is 0.497 e. The Balaban J connectivity index is 1.80. The fraction of sp³-hybridized carbons (Fsp3) is 0.120. The molecule has 0 aliphatic rings. The minimum atomic E-state index is -0.843. The van der Waals surface area contributed by atoms with Crippen molar-refractivity contribution in [3.63, 3.8) is 0 Å². The number of allylic oxidation sites excluding steroid dienone is 1. The number of benzene rings is 3. The highest BCUT2D eigenvalue weighted by Gasteiger charge is 2.16. The average molecular weight is 436 g/mol. The lowest BCUT2D eigenvalue weighted by Crippen LogP contribution is -2.11. The summed E-state index contributed by atoms with van der Waals surface area (Å²) in [5, 5.41) is 0. The zero-order valence-corrected chi connectivity index (χ0v) is 17.8. The number of esters is 1. The Morgan fingerprint density at radius 1 is 0.781 bits per heavy atom. The molecule has 0 bridgehead atoms. The molecule has 7 heteroatoms. The van der Waals surface area contributed by atoms with Gasteiger partial charge in [-0.15, -0.1) is 0 Å². The van der Waals surface area contributed by atoms with E-state index in [-0.39, 0.29) is 22.8 Å². The lowest BCUT2D eigenvalue weighted by atomic mass is 10.1. The molecule has 6 nitrogen and oxygen atoms in total. The van der Waals surface area contributed by atoms with Crippen molar-refractivity contribution in [3.8, 4) is 23.0 Å². The number of hydrogen-bond donors (Lipinski definition) is 0. The molecule has 0 atom stereocenters. The molecular weight excluding hydrogens is 415 g/mol. The van der Waals surface area contributed by atoms with Crippen LogP contribution in [-0.2, 0) is 0 Å². The quantitative estimate of drug-likeness (QED) is 0.215. The van der Waals surface area contributed by atoms with Crippen LogP contribution in [0.3, 0.4) is 0 Å². The van der Waals surface area contributed by atoms with E-state index in [0.717, 1.165) is 0 Å². The van der Waals surface area contributed by atoms with Crippen molar-refractivity contribution < 1.29 is 32.9 Å². The van der Waals surface area contributed by atoms with Gasteiger partial charge in [-0.25, -0.2) is 9.18 Å². The number of hydrogen-bond acceptors (Lipinski definition) is 6. The van der Waals surface area contributed by atoms with Crippen molar-refractivity contribution in [3.05, 3.63) is 89.2 Å². The summed E-state index contributed by atoms with van der Waals surface area (Å²) in [6.07, 6.45) is 2.98. The summed E-state index contributed by atoms with van der Waals surface area (Å²) in [6, 6.07) is 15.2. The zero-order chi connectivity index (χ0) is 23.1. The third-order valence-electron chi connectivity index (χ3n) is 4.58. The molecule has 164 valence electrons. The summed E-state index contributed by atoms with van der Waals surface area (Å²) in [6.45, 7) is 0. The van der Waals surface area contributed by atoms with E-state index < -0.39 is 11.8 Å². The highest BCUT2D eigenvalue weighted by atomic mass is 19.1. The molecule has 0 N–H and O–H groups in total. The van der Waals surface area contributed by atoms with Crippen molar-refractivity contribution in [2.75, 3.05) is 21.3 Å². The van der Waals surface area contributed by atoms with Crippen LogP contribution in [0.1, 0.15) is 26.3 Å². The first kappa shape index (κ1) is 22.6. The van der Waals surface area contributed by atoms with Crippen LogP contribution in [0.15, 0.2) is 66.7 Å². The average Bonchev–Trinajstić information content (AvgIpc) is 2.82. The van der Waals surface area contributed by atoms with Crippen molar-refractivity contribution in [2.45, 2.75) is 0 Å². The summed E-state index contributed by atoms with van der Waals surface area (Å²) in [4.78, 5) is 24.9. The first-order valence-electron chi connectivity index (χ1n) is 9.56. The highest BCUT2D eigenvalue weighted by molar-refractivity contribution is 6.09. The van der Waals surface area contributed by atoms with E-state index in [1.54, 1.807) is 42.5 Å². The predicted octanol–water partition coefficient (Wildman–Crippen LogP) is 4.97. The molecule has 0 spiro atoms. The van der Waals surface area contributed by atoms with Crippen molar-refractivity contribution in [1.29, 1.82) is 0 Å². The maximum absolute atomic E-state index is 13.8. The molecule has 3 rings (SSSR count). The Kier molecular flexibility index (Phi) is 7.23. The van der Waals surface area contributed by atoms with Crippen LogP contribution in [0, 0.1) is 5.82 Å². The van der Waals surface area contributed by atoms with Gasteiger partial charge < -0.3 is 18.9 Å². The Morgan fingerprint density at radius 2 is 1.50 bits per heavy atom. The van der Waals surface area contributed by atoms with Gasteiger partial charge in [0.15, 0.2) is 17.3 Å². The van der Waals surface area contributed by atoms with Crippen LogP contribution in [0.25, 0.3) is 6.08 Å². The summed E-state index contributed by atoms with van der Waals surface area (Å²) < 4.78 is 34.8. The van der Waals surface area contributed by atoms with E-state index in [9.17, 15) is 14.0 Å². The van der Waals surface area contributed by atoms with E-state index in [0.29, 0.717) is 22.6 Å². The van der Waals surface area contributed by atoms with E-state index in [1.807, 2.05) is 0 Å². The van der Waals surface area contributed by atoms with Gasteiger partial charge in [0, 0.05) is 0 Å². The first-order valence-corrected chi connectivity index (χ1v) is 9.56. The SMILES string of the molecule is COc1ccc(OC)c(C(=O)C=Cc2ccc(OC(=O)c3ccccc3F)c(OC)c2)c1. The molecule has 0 unspecified atom stereocenters. The summed E-state index contributed by atoms with van der Waals surface area (Å²) in [5.74, 6) is -0.470. The van der Waals surface area contributed by atoms with Crippen LogP contribution < -0.4 is 18.9 Å². The van der Waals surface area contributed by atoms with Gasteiger partial charge in [0.1, 0.15) is 17.3 Å². The fourth-order valence-electron chi connectivity index (χ4n) is 2.92. The number of ether oxygens (including phenoxy) is 4. The number of carbonyl (C=O) groups excluding carboxylic acids is 2. The molecule has 0 radical (unpaired) electrons.